The van der Waals surface area contributed by atoms with E-state index >= 15 is 0 Å². The molecule has 3 rings (SSSR count). The van der Waals surface area contributed by atoms with Crippen LogP contribution in [0.25, 0.3) is 0 Å². The first kappa shape index (κ1) is 14.0. The lowest BCUT2D eigenvalue weighted by Crippen LogP contribution is -2.47. The number of aromatic nitrogens is 2. The topological polar surface area (TPSA) is 66.3 Å². The number of piperidine rings is 1. The predicted molar refractivity (Wildman–Crippen MR) is 81.8 cm³/mol. The Balaban J connectivity index is 1.82. The van der Waals surface area contributed by atoms with Gasteiger partial charge in [0.1, 0.15) is 5.82 Å². The van der Waals surface area contributed by atoms with Gasteiger partial charge in [-0.3, -0.25) is 4.79 Å². The highest BCUT2D eigenvalue weighted by atomic mass is 32.1. The second-order valence-electron chi connectivity index (χ2n) is 5.36. The summed E-state index contributed by atoms with van der Waals surface area (Å²) in [5, 5.41) is 10.6. The normalized spacial score (nSPS) is 17.7. The maximum Gasteiger partial charge on any atom is 0.314 e. The van der Waals surface area contributed by atoms with Crippen LogP contribution in [-0.2, 0) is 10.2 Å². The molecule has 0 atom stereocenters. The summed E-state index contributed by atoms with van der Waals surface area (Å²) >= 11 is 1.38. The van der Waals surface area contributed by atoms with Crippen molar-refractivity contribution in [2.45, 2.75) is 25.2 Å². The molecule has 0 bridgehead atoms. The SMILES string of the molecule is Cc1nsc(N2CCC(C(=O)O)(c3ccccc3)CC2)n1. The van der Waals surface area contributed by atoms with Crippen molar-refractivity contribution < 1.29 is 9.90 Å². The minimum atomic E-state index is -0.780. The maximum absolute atomic E-state index is 11.9. The number of carboxylic acid groups (broad SMARTS) is 1. The van der Waals surface area contributed by atoms with Crippen LogP contribution >= 0.6 is 11.5 Å². The Morgan fingerprint density at radius 3 is 2.48 bits per heavy atom. The Labute approximate surface area is 127 Å². The highest BCUT2D eigenvalue weighted by Gasteiger charge is 2.43. The second-order valence-corrected chi connectivity index (χ2v) is 6.09. The molecule has 5 nitrogen and oxygen atoms in total. The summed E-state index contributed by atoms with van der Waals surface area (Å²) in [7, 11) is 0. The summed E-state index contributed by atoms with van der Waals surface area (Å²) in [6.07, 6.45) is 1.18. The summed E-state index contributed by atoms with van der Waals surface area (Å²) in [5.41, 5.74) is 0.114. The van der Waals surface area contributed by atoms with Crippen LogP contribution in [0.5, 0.6) is 0 Å². The van der Waals surface area contributed by atoms with Crippen LogP contribution in [0.15, 0.2) is 30.3 Å². The van der Waals surface area contributed by atoms with E-state index in [1.807, 2.05) is 37.3 Å². The van der Waals surface area contributed by atoms with Crippen molar-refractivity contribution in [2.24, 2.45) is 0 Å². The molecular weight excluding hydrogens is 286 g/mol. The molecule has 1 saturated heterocycles. The molecule has 1 aliphatic rings. The van der Waals surface area contributed by atoms with Crippen LogP contribution in [-0.4, -0.2) is 33.5 Å². The third kappa shape index (κ3) is 2.51. The molecule has 2 aromatic rings. The van der Waals surface area contributed by atoms with E-state index in [4.69, 9.17) is 0 Å². The minimum absolute atomic E-state index is 0.588. The molecule has 2 heterocycles. The Bertz CT molecular complexity index is 633. The van der Waals surface area contributed by atoms with Crippen molar-refractivity contribution in [3.63, 3.8) is 0 Å². The van der Waals surface area contributed by atoms with Crippen molar-refractivity contribution in [3.8, 4) is 0 Å². The van der Waals surface area contributed by atoms with Crippen LogP contribution in [0, 0.1) is 6.92 Å². The number of carbonyl (C=O) groups is 1. The van der Waals surface area contributed by atoms with Gasteiger partial charge in [0.25, 0.3) is 0 Å². The number of hydrogen-bond donors (Lipinski definition) is 1. The minimum Gasteiger partial charge on any atom is -0.481 e. The first-order valence-corrected chi connectivity index (χ1v) is 7.73. The monoisotopic (exact) mass is 303 g/mol. The average Bonchev–Trinajstić information content (AvgIpc) is 2.94. The number of rotatable bonds is 3. The number of aliphatic carboxylic acids is 1. The molecule has 0 unspecified atom stereocenters. The second kappa shape index (κ2) is 5.44. The summed E-state index contributed by atoms with van der Waals surface area (Å²) in [6, 6.07) is 9.55. The predicted octanol–water partition coefficient (Wildman–Crippen LogP) is 2.47. The van der Waals surface area contributed by atoms with Gasteiger partial charge in [0, 0.05) is 24.6 Å². The van der Waals surface area contributed by atoms with E-state index in [1.54, 1.807) is 0 Å². The van der Waals surface area contributed by atoms with Gasteiger partial charge in [0.05, 0.1) is 5.41 Å². The Hall–Kier alpha value is -1.95. The van der Waals surface area contributed by atoms with E-state index in [-0.39, 0.29) is 0 Å². The van der Waals surface area contributed by atoms with E-state index in [1.165, 1.54) is 11.5 Å². The Morgan fingerprint density at radius 2 is 1.95 bits per heavy atom. The number of anilines is 1. The van der Waals surface area contributed by atoms with Crippen LogP contribution < -0.4 is 4.90 Å². The molecule has 1 fully saturated rings. The average molecular weight is 303 g/mol. The summed E-state index contributed by atoms with van der Waals surface area (Å²) in [5.74, 6) is 0.0370. The molecule has 1 aliphatic heterocycles. The quantitative estimate of drug-likeness (QED) is 0.943. The van der Waals surface area contributed by atoms with Gasteiger partial charge >= 0.3 is 5.97 Å². The molecule has 0 radical (unpaired) electrons. The summed E-state index contributed by atoms with van der Waals surface area (Å²) < 4.78 is 4.19. The molecule has 110 valence electrons. The van der Waals surface area contributed by atoms with Gasteiger partial charge in [-0.15, -0.1) is 0 Å². The summed E-state index contributed by atoms with van der Waals surface area (Å²) in [6.45, 7) is 3.25. The summed E-state index contributed by atoms with van der Waals surface area (Å²) in [4.78, 5) is 18.4. The van der Waals surface area contributed by atoms with Gasteiger partial charge in [0.15, 0.2) is 0 Å². The zero-order chi connectivity index (χ0) is 14.9. The van der Waals surface area contributed by atoms with E-state index in [9.17, 15) is 9.90 Å². The molecule has 6 heteroatoms. The standard InChI is InChI=1S/C15H17N3O2S/c1-11-16-14(21-17-11)18-9-7-15(8-10-18,13(19)20)12-5-3-2-4-6-12/h2-6H,7-10H2,1H3,(H,19,20). The highest BCUT2D eigenvalue weighted by Crippen LogP contribution is 2.37. The third-order valence-electron chi connectivity index (χ3n) is 4.14. The van der Waals surface area contributed by atoms with E-state index < -0.39 is 11.4 Å². The Morgan fingerprint density at radius 1 is 1.29 bits per heavy atom. The lowest BCUT2D eigenvalue weighted by molar-refractivity contribution is -0.144. The van der Waals surface area contributed by atoms with Gasteiger partial charge in [0.2, 0.25) is 5.13 Å². The van der Waals surface area contributed by atoms with Gasteiger partial charge in [-0.25, -0.2) is 4.98 Å². The molecule has 1 aromatic heterocycles. The number of nitrogens with zero attached hydrogens (tertiary/aromatic N) is 3. The van der Waals surface area contributed by atoms with Crippen molar-refractivity contribution >= 4 is 22.6 Å². The van der Waals surface area contributed by atoms with Crippen molar-refractivity contribution in [2.75, 3.05) is 18.0 Å². The van der Waals surface area contributed by atoms with E-state index in [2.05, 4.69) is 14.3 Å². The highest BCUT2D eigenvalue weighted by molar-refractivity contribution is 7.09. The van der Waals surface area contributed by atoms with Crippen LogP contribution in [0.4, 0.5) is 5.13 Å². The third-order valence-corrected chi connectivity index (χ3v) is 5.01. The first-order chi connectivity index (χ1) is 10.1. The van der Waals surface area contributed by atoms with Gasteiger partial charge in [-0.05, 0) is 25.3 Å². The fraction of sp³-hybridized carbons (Fsp3) is 0.400. The van der Waals surface area contributed by atoms with Crippen LogP contribution in [0.2, 0.25) is 0 Å². The molecule has 0 aliphatic carbocycles. The molecule has 1 aromatic carbocycles. The maximum atomic E-state index is 11.9. The van der Waals surface area contributed by atoms with Crippen LogP contribution in [0.1, 0.15) is 24.2 Å². The zero-order valence-electron chi connectivity index (χ0n) is 11.8. The fourth-order valence-electron chi connectivity index (χ4n) is 2.88. The lowest BCUT2D eigenvalue weighted by Gasteiger charge is -2.39. The van der Waals surface area contributed by atoms with Gasteiger partial charge in [-0.1, -0.05) is 30.3 Å². The smallest absolute Gasteiger partial charge is 0.314 e. The van der Waals surface area contributed by atoms with Crippen molar-refractivity contribution in [3.05, 3.63) is 41.7 Å². The van der Waals surface area contributed by atoms with Crippen LogP contribution in [0.3, 0.4) is 0 Å². The van der Waals surface area contributed by atoms with Gasteiger partial charge < -0.3 is 10.0 Å². The van der Waals surface area contributed by atoms with E-state index in [0.29, 0.717) is 25.9 Å². The number of carboxylic acids is 1. The first-order valence-electron chi connectivity index (χ1n) is 6.96. The number of aryl methyl sites for hydroxylation is 1. The Kier molecular flexibility index (Phi) is 3.63. The largest absolute Gasteiger partial charge is 0.481 e. The molecule has 0 amide bonds. The molecule has 0 spiro atoms. The zero-order valence-corrected chi connectivity index (χ0v) is 12.6. The molecule has 21 heavy (non-hydrogen) atoms. The van der Waals surface area contributed by atoms with Crippen molar-refractivity contribution in [1.82, 2.24) is 9.36 Å². The lowest BCUT2D eigenvalue weighted by atomic mass is 9.73. The van der Waals surface area contributed by atoms with E-state index in [0.717, 1.165) is 16.5 Å². The number of hydrogen-bond acceptors (Lipinski definition) is 5. The van der Waals surface area contributed by atoms with Crippen molar-refractivity contribution in [1.29, 1.82) is 0 Å². The molecule has 1 N–H and O–H groups in total. The molecule has 0 saturated carbocycles. The number of benzene rings is 1. The van der Waals surface area contributed by atoms with Gasteiger partial charge in [-0.2, -0.15) is 4.37 Å². The fourth-order valence-corrected chi connectivity index (χ4v) is 3.60. The molecular formula is C15H17N3O2S.